The monoisotopic (exact) mass is 247 g/mol. The van der Waals surface area contributed by atoms with Crippen molar-refractivity contribution in [3.63, 3.8) is 0 Å². The van der Waals surface area contributed by atoms with Gasteiger partial charge in [-0.25, -0.2) is 0 Å². The van der Waals surface area contributed by atoms with E-state index in [1.807, 2.05) is 6.92 Å². The Hall–Kier alpha value is 0.150. The smallest absolute Gasteiger partial charge is 0.205 e. The quantitative estimate of drug-likeness (QED) is 0.699. The first-order valence-corrected chi connectivity index (χ1v) is 8.47. The van der Waals surface area contributed by atoms with Gasteiger partial charge in [0, 0.05) is 31.0 Å². The van der Waals surface area contributed by atoms with Crippen LogP contribution in [0.25, 0.3) is 0 Å². The third-order valence-electron chi connectivity index (χ3n) is 4.07. The first-order chi connectivity index (χ1) is 7.49. The Balaban J connectivity index is 2.57. The fourth-order valence-electron chi connectivity index (χ4n) is 2.37. The van der Waals surface area contributed by atoms with Gasteiger partial charge in [0.05, 0.1) is 6.61 Å². The van der Waals surface area contributed by atoms with Gasteiger partial charge < -0.3 is 4.52 Å². The Labute approximate surface area is 100.0 Å². The lowest BCUT2D eigenvalue weighted by Gasteiger charge is -2.44. The second-order valence-corrected chi connectivity index (χ2v) is 7.65. The van der Waals surface area contributed by atoms with Gasteiger partial charge in [-0.3, -0.25) is 9.46 Å². The number of hydrogen-bond acceptors (Lipinski definition) is 3. The van der Waals surface area contributed by atoms with Crippen LogP contribution in [0.5, 0.6) is 0 Å². The normalized spacial score (nSPS) is 22.2. The van der Waals surface area contributed by atoms with Gasteiger partial charge in [-0.05, 0) is 26.7 Å². The van der Waals surface area contributed by atoms with Crippen molar-refractivity contribution in [2.45, 2.75) is 46.1 Å². The van der Waals surface area contributed by atoms with Gasteiger partial charge in [0.25, 0.3) is 0 Å². The maximum Gasteiger partial charge on any atom is 0.205 e. The van der Waals surface area contributed by atoms with Gasteiger partial charge in [-0.15, -0.1) is 0 Å². The van der Waals surface area contributed by atoms with Crippen LogP contribution >= 0.6 is 7.37 Å². The summed E-state index contributed by atoms with van der Waals surface area (Å²) in [5.41, 5.74) is 0.275. The molecular formula is C12H26NO2P. The Morgan fingerprint density at radius 2 is 1.69 bits per heavy atom. The fourth-order valence-corrected chi connectivity index (χ4v) is 4.42. The highest BCUT2D eigenvalue weighted by Crippen LogP contribution is 2.49. The van der Waals surface area contributed by atoms with Crippen LogP contribution in [-0.4, -0.2) is 42.5 Å². The first-order valence-electron chi connectivity index (χ1n) is 6.47. The summed E-state index contributed by atoms with van der Waals surface area (Å²) in [4.78, 5) is 2.49. The van der Waals surface area contributed by atoms with Gasteiger partial charge in [-0.2, -0.15) is 0 Å². The Morgan fingerprint density at radius 3 is 2.06 bits per heavy atom. The predicted octanol–water partition coefficient (Wildman–Crippen LogP) is 3.20. The van der Waals surface area contributed by atoms with E-state index < -0.39 is 7.37 Å². The zero-order valence-electron chi connectivity index (χ0n) is 11.2. The van der Waals surface area contributed by atoms with E-state index in [0.717, 1.165) is 38.3 Å². The predicted molar refractivity (Wildman–Crippen MR) is 69.5 cm³/mol. The molecule has 96 valence electrons. The van der Waals surface area contributed by atoms with Gasteiger partial charge in [-0.1, -0.05) is 13.8 Å². The molecule has 0 radical (unpaired) electrons. The molecule has 0 bridgehead atoms. The molecule has 3 nitrogen and oxygen atoms in total. The molecule has 0 aliphatic carbocycles. The molecule has 0 amide bonds. The molecule has 1 rings (SSSR count). The van der Waals surface area contributed by atoms with Crippen LogP contribution in [0.4, 0.5) is 0 Å². The molecule has 1 aliphatic heterocycles. The third-order valence-corrected chi connectivity index (χ3v) is 6.56. The van der Waals surface area contributed by atoms with Crippen LogP contribution in [0.3, 0.4) is 0 Å². The molecule has 0 saturated carbocycles. The molecule has 0 aromatic carbocycles. The highest BCUT2D eigenvalue weighted by Gasteiger charge is 2.36. The molecular weight excluding hydrogens is 221 g/mol. The van der Waals surface area contributed by atoms with Crippen molar-refractivity contribution in [3.05, 3.63) is 0 Å². The van der Waals surface area contributed by atoms with Crippen molar-refractivity contribution in [1.29, 1.82) is 0 Å². The largest absolute Gasteiger partial charge is 0.329 e. The summed E-state index contributed by atoms with van der Waals surface area (Å²) >= 11 is 0. The van der Waals surface area contributed by atoms with Crippen LogP contribution in [0.15, 0.2) is 0 Å². The SMILES string of the molecule is CCOP1(=O)CCN(C(C)(CC)CC)CC1. The molecule has 0 unspecified atom stereocenters. The van der Waals surface area contributed by atoms with E-state index >= 15 is 0 Å². The molecule has 16 heavy (non-hydrogen) atoms. The molecule has 1 saturated heterocycles. The molecule has 1 aliphatic rings. The summed E-state index contributed by atoms with van der Waals surface area (Å²) in [5.74, 6) is 0. The molecule has 4 heteroatoms. The fraction of sp³-hybridized carbons (Fsp3) is 1.00. The Morgan fingerprint density at radius 1 is 1.19 bits per heavy atom. The van der Waals surface area contributed by atoms with Crippen molar-refractivity contribution in [2.75, 3.05) is 32.0 Å². The van der Waals surface area contributed by atoms with Gasteiger partial charge >= 0.3 is 0 Å². The molecule has 0 aromatic heterocycles. The van der Waals surface area contributed by atoms with E-state index in [9.17, 15) is 4.57 Å². The molecule has 0 atom stereocenters. The van der Waals surface area contributed by atoms with Crippen LogP contribution in [0, 0.1) is 0 Å². The number of hydrogen-bond donors (Lipinski definition) is 0. The Kier molecular flexibility index (Phi) is 5.03. The summed E-state index contributed by atoms with van der Waals surface area (Å²) in [6, 6.07) is 0. The van der Waals surface area contributed by atoms with E-state index in [-0.39, 0.29) is 5.54 Å². The van der Waals surface area contributed by atoms with Crippen LogP contribution < -0.4 is 0 Å². The zero-order valence-corrected chi connectivity index (χ0v) is 12.1. The van der Waals surface area contributed by atoms with Crippen LogP contribution in [0.1, 0.15) is 40.5 Å². The summed E-state index contributed by atoms with van der Waals surface area (Å²) in [6.07, 6.45) is 3.78. The lowest BCUT2D eigenvalue weighted by atomic mass is 9.93. The highest BCUT2D eigenvalue weighted by molar-refractivity contribution is 7.59. The summed E-state index contributed by atoms with van der Waals surface area (Å²) in [5, 5.41) is 0. The summed E-state index contributed by atoms with van der Waals surface area (Å²) < 4.78 is 17.7. The van der Waals surface area contributed by atoms with Crippen molar-refractivity contribution in [1.82, 2.24) is 4.90 Å². The van der Waals surface area contributed by atoms with E-state index in [1.54, 1.807) is 0 Å². The average molecular weight is 247 g/mol. The van der Waals surface area contributed by atoms with Crippen LogP contribution in [-0.2, 0) is 9.09 Å². The first kappa shape index (κ1) is 14.2. The second kappa shape index (κ2) is 5.66. The number of rotatable bonds is 5. The zero-order chi connectivity index (χ0) is 12.2. The van der Waals surface area contributed by atoms with E-state index in [2.05, 4.69) is 25.7 Å². The van der Waals surface area contributed by atoms with Gasteiger partial charge in [0.15, 0.2) is 0 Å². The van der Waals surface area contributed by atoms with Crippen molar-refractivity contribution < 1.29 is 9.09 Å². The van der Waals surface area contributed by atoms with Crippen molar-refractivity contribution in [3.8, 4) is 0 Å². The van der Waals surface area contributed by atoms with Gasteiger partial charge in [0.1, 0.15) is 0 Å². The standard InChI is InChI=1S/C12H26NO2P/c1-5-12(4,6-2)13-8-10-16(14,11-9-13)15-7-3/h5-11H2,1-4H3. The molecule has 1 fully saturated rings. The third kappa shape index (κ3) is 3.09. The second-order valence-electron chi connectivity index (χ2n) is 4.87. The number of nitrogens with zero attached hydrogens (tertiary/aromatic N) is 1. The Bertz CT molecular complexity index is 252. The average Bonchev–Trinajstić information content (AvgIpc) is 2.29. The van der Waals surface area contributed by atoms with E-state index in [4.69, 9.17) is 4.52 Å². The van der Waals surface area contributed by atoms with Crippen molar-refractivity contribution in [2.24, 2.45) is 0 Å². The molecule has 1 heterocycles. The van der Waals surface area contributed by atoms with Gasteiger partial charge in [0.2, 0.25) is 7.37 Å². The van der Waals surface area contributed by atoms with E-state index in [1.165, 1.54) is 0 Å². The summed E-state index contributed by atoms with van der Waals surface area (Å²) in [7, 11) is -2.28. The van der Waals surface area contributed by atoms with E-state index in [0.29, 0.717) is 6.61 Å². The topological polar surface area (TPSA) is 29.5 Å². The minimum Gasteiger partial charge on any atom is -0.329 e. The molecule has 0 aromatic rings. The van der Waals surface area contributed by atoms with Crippen LogP contribution in [0.2, 0.25) is 0 Å². The maximum atomic E-state index is 12.2. The summed E-state index contributed by atoms with van der Waals surface area (Å²) in [6.45, 7) is 11.1. The lowest BCUT2D eigenvalue weighted by molar-refractivity contribution is 0.101. The van der Waals surface area contributed by atoms with Crippen molar-refractivity contribution >= 4 is 7.37 Å². The maximum absolute atomic E-state index is 12.2. The lowest BCUT2D eigenvalue weighted by Crippen LogP contribution is -2.50. The molecule has 0 spiro atoms. The highest BCUT2D eigenvalue weighted by atomic mass is 31.2. The molecule has 0 N–H and O–H groups in total. The minimum absolute atomic E-state index is 0.275. The minimum atomic E-state index is -2.28.